The maximum atomic E-state index is 12.6. The smallest absolute Gasteiger partial charge is 0.251 e. The van der Waals surface area contributed by atoms with Gasteiger partial charge in [0.2, 0.25) is 0 Å². The van der Waals surface area contributed by atoms with E-state index in [2.05, 4.69) is 29.3 Å². The lowest BCUT2D eigenvalue weighted by Gasteiger charge is -2.33. The van der Waals surface area contributed by atoms with Gasteiger partial charge in [-0.2, -0.15) is 0 Å². The molecule has 0 aliphatic carbocycles. The first-order valence-electron chi connectivity index (χ1n) is 10.2. The summed E-state index contributed by atoms with van der Waals surface area (Å²) in [6.45, 7) is 4.76. The Labute approximate surface area is 174 Å². The molecule has 3 rings (SSSR count). The Bertz CT molecular complexity index is 956. The van der Waals surface area contributed by atoms with Crippen LogP contribution in [0.3, 0.4) is 0 Å². The van der Waals surface area contributed by atoms with Gasteiger partial charge in [0.1, 0.15) is 0 Å². The van der Waals surface area contributed by atoms with Crippen molar-refractivity contribution in [3.8, 4) is 0 Å². The highest BCUT2D eigenvalue weighted by molar-refractivity contribution is 7.89. The second kappa shape index (κ2) is 9.55. The molecule has 2 aromatic carbocycles. The lowest BCUT2D eigenvalue weighted by molar-refractivity contribution is 0.0950. The van der Waals surface area contributed by atoms with E-state index in [0.717, 1.165) is 18.7 Å². The van der Waals surface area contributed by atoms with Crippen LogP contribution in [0, 0.1) is 0 Å². The van der Waals surface area contributed by atoms with Crippen molar-refractivity contribution >= 4 is 15.7 Å². The molecule has 1 N–H and O–H groups in total. The van der Waals surface area contributed by atoms with E-state index in [-0.39, 0.29) is 11.7 Å². The second-order valence-electron chi connectivity index (χ2n) is 8.04. The largest absolute Gasteiger partial charge is 0.348 e. The minimum atomic E-state index is -3.14. The van der Waals surface area contributed by atoms with E-state index < -0.39 is 9.84 Å². The number of sulfone groups is 1. The Morgan fingerprint density at radius 2 is 1.86 bits per heavy atom. The molecule has 0 unspecified atom stereocenters. The minimum Gasteiger partial charge on any atom is -0.348 e. The highest BCUT2D eigenvalue weighted by Crippen LogP contribution is 2.21. The number of benzene rings is 2. The van der Waals surface area contributed by atoms with Crippen LogP contribution < -0.4 is 5.32 Å². The Hall–Kier alpha value is -2.18. The van der Waals surface area contributed by atoms with Crippen molar-refractivity contribution in [3.05, 3.63) is 70.8 Å². The molecule has 0 saturated carbocycles. The number of nitrogens with zero attached hydrogens (tertiary/aromatic N) is 1. The molecule has 5 nitrogen and oxygen atoms in total. The number of hydrogen-bond acceptors (Lipinski definition) is 4. The molecular weight excluding hydrogens is 384 g/mol. The summed E-state index contributed by atoms with van der Waals surface area (Å²) >= 11 is 0. The van der Waals surface area contributed by atoms with Crippen molar-refractivity contribution in [1.29, 1.82) is 0 Å². The van der Waals surface area contributed by atoms with Crippen LogP contribution in [0.5, 0.6) is 0 Å². The summed E-state index contributed by atoms with van der Waals surface area (Å²) in [5.41, 5.74) is 3.46. The summed E-state index contributed by atoms with van der Waals surface area (Å²) in [5, 5.41) is 2.99. The fraction of sp³-hybridized carbons (Fsp3) is 0.435. The van der Waals surface area contributed by atoms with Crippen LogP contribution in [0.2, 0.25) is 0 Å². The van der Waals surface area contributed by atoms with E-state index in [1.54, 1.807) is 24.3 Å². The lowest BCUT2D eigenvalue weighted by Crippen LogP contribution is -2.37. The Balaban J connectivity index is 1.66. The summed E-state index contributed by atoms with van der Waals surface area (Å²) in [6, 6.07) is 15.6. The molecule has 1 aliphatic heterocycles. The molecule has 1 aliphatic rings. The molecule has 6 heteroatoms. The monoisotopic (exact) mass is 414 g/mol. The van der Waals surface area contributed by atoms with Gasteiger partial charge in [0, 0.05) is 31.0 Å². The summed E-state index contributed by atoms with van der Waals surface area (Å²) < 4.78 is 23.0. The molecule has 1 fully saturated rings. The van der Waals surface area contributed by atoms with Gasteiger partial charge in [-0.3, -0.25) is 9.69 Å². The Morgan fingerprint density at radius 1 is 1.10 bits per heavy atom. The Morgan fingerprint density at radius 3 is 2.59 bits per heavy atom. The summed E-state index contributed by atoms with van der Waals surface area (Å²) in [7, 11) is -3.14. The highest BCUT2D eigenvalue weighted by atomic mass is 32.2. The van der Waals surface area contributed by atoms with Gasteiger partial charge in [-0.1, -0.05) is 42.8 Å². The van der Waals surface area contributed by atoms with Gasteiger partial charge in [-0.05, 0) is 55.1 Å². The number of amides is 1. The van der Waals surface area contributed by atoms with Gasteiger partial charge in [0.25, 0.3) is 5.91 Å². The molecule has 1 atom stereocenters. The third-order valence-corrected chi connectivity index (χ3v) is 6.35. The van der Waals surface area contributed by atoms with Gasteiger partial charge >= 0.3 is 0 Å². The zero-order valence-electron chi connectivity index (χ0n) is 17.2. The van der Waals surface area contributed by atoms with E-state index in [9.17, 15) is 13.2 Å². The number of carbonyl (C=O) groups is 1. The highest BCUT2D eigenvalue weighted by Gasteiger charge is 2.19. The molecule has 29 heavy (non-hydrogen) atoms. The first-order chi connectivity index (χ1) is 13.8. The fourth-order valence-corrected chi connectivity index (χ4v) is 4.66. The molecule has 0 radical (unpaired) electrons. The van der Waals surface area contributed by atoms with Crippen molar-refractivity contribution in [2.75, 3.05) is 12.8 Å². The van der Waals surface area contributed by atoms with E-state index in [1.807, 2.05) is 12.1 Å². The van der Waals surface area contributed by atoms with Crippen molar-refractivity contribution < 1.29 is 13.2 Å². The maximum Gasteiger partial charge on any atom is 0.251 e. The van der Waals surface area contributed by atoms with E-state index in [1.165, 1.54) is 31.1 Å². The van der Waals surface area contributed by atoms with Crippen LogP contribution in [0.25, 0.3) is 0 Å². The third-order valence-electron chi connectivity index (χ3n) is 5.49. The summed E-state index contributed by atoms with van der Waals surface area (Å²) in [5.74, 6) is -0.258. The topological polar surface area (TPSA) is 66.5 Å². The van der Waals surface area contributed by atoms with Crippen LogP contribution in [0.1, 0.15) is 53.2 Å². The molecule has 156 valence electrons. The molecule has 1 amide bonds. The number of carbonyl (C=O) groups excluding carboxylic acids is 1. The molecule has 0 spiro atoms. The number of hydrogen-bond donors (Lipinski definition) is 1. The van der Waals surface area contributed by atoms with Crippen molar-refractivity contribution in [1.82, 2.24) is 10.2 Å². The van der Waals surface area contributed by atoms with Crippen LogP contribution in [-0.2, 0) is 28.7 Å². The zero-order chi connectivity index (χ0) is 20.9. The van der Waals surface area contributed by atoms with Gasteiger partial charge in [0.15, 0.2) is 9.84 Å². The van der Waals surface area contributed by atoms with Gasteiger partial charge in [0.05, 0.1) is 5.75 Å². The lowest BCUT2D eigenvalue weighted by atomic mass is 10.0. The molecule has 1 saturated heterocycles. The van der Waals surface area contributed by atoms with E-state index in [0.29, 0.717) is 23.7 Å². The van der Waals surface area contributed by atoms with Crippen LogP contribution in [0.4, 0.5) is 0 Å². The molecule has 2 aromatic rings. The molecule has 1 heterocycles. The Kier molecular flexibility index (Phi) is 7.09. The fourth-order valence-electron chi connectivity index (χ4n) is 3.88. The van der Waals surface area contributed by atoms with E-state index in [4.69, 9.17) is 0 Å². The zero-order valence-corrected chi connectivity index (χ0v) is 18.0. The normalized spacial score (nSPS) is 17.8. The van der Waals surface area contributed by atoms with Crippen molar-refractivity contribution in [2.24, 2.45) is 0 Å². The van der Waals surface area contributed by atoms with Gasteiger partial charge in [-0.25, -0.2) is 8.42 Å². The first-order valence-corrected chi connectivity index (χ1v) is 12.2. The number of rotatable bonds is 7. The average molecular weight is 415 g/mol. The second-order valence-corrected chi connectivity index (χ2v) is 10.2. The van der Waals surface area contributed by atoms with Crippen LogP contribution in [-0.4, -0.2) is 38.1 Å². The van der Waals surface area contributed by atoms with E-state index >= 15 is 0 Å². The van der Waals surface area contributed by atoms with Gasteiger partial charge in [-0.15, -0.1) is 0 Å². The van der Waals surface area contributed by atoms with Gasteiger partial charge < -0.3 is 5.32 Å². The third kappa shape index (κ3) is 6.41. The standard InChI is InChI=1S/C23H30N2O3S/c1-18-8-5-6-13-25(18)16-22-11-4-3-10-21(22)15-24-23(26)20-12-7-9-19(14-20)17-29(2,27)28/h3-4,7,9-12,14,18H,5-6,8,13,15-17H2,1-2H3,(H,24,26)/t18-/m1/s1. The average Bonchev–Trinajstić information content (AvgIpc) is 2.68. The SMILES string of the molecule is C[C@@H]1CCCCN1Cc1ccccc1CNC(=O)c1cccc(CS(C)(=O)=O)c1. The molecular formula is C23H30N2O3S. The summed E-state index contributed by atoms with van der Waals surface area (Å²) in [4.78, 5) is 15.1. The minimum absolute atomic E-state index is 0.0645. The number of nitrogens with one attached hydrogen (secondary N) is 1. The maximum absolute atomic E-state index is 12.6. The summed E-state index contributed by atoms with van der Waals surface area (Å²) in [6.07, 6.45) is 4.98. The molecule has 0 bridgehead atoms. The quantitative estimate of drug-likeness (QED) is 0.753. The number of piperidine rings is 1. The van der Waals surface area contributed by atoms with Crippen molar-refractivity contribution in [3.63, 3.8) is 0 Å². The van der Waals surface area contributed by atoms with Crippen molar-refractivity contribution in [2.45, 2.75) is 51.1 Å². The predicted octanol–water partition coefficient (Wildman–Crippen LogP) is 3.54. The van der Waals surface area contributed by atoms with Crippen LogP contribution >= 0.6 is 0 Å². The predicted molar refractivity (Wildman–Crippen MR) is 116 cm³/mol. The number of likely N-dealkylation sites (tertiary alicyclic amines) is 1. The first kappa shape index (κ1) is 21.5. The van der Waals surface area contributed by atoms with Crippen LogP contribution in [0.15, 0.2) is 48.5 Å². The molecule has 0 aromatic heterocycles.